The van der Waals surface area contributed by atoms with E-state index in [-0.39, 0.29) is 24.0 Å². The molecule has 0 nitrogen and oxygen atoms in total. The van der Waals surface area contributed by atoms with Crippen LogP contribution in [0.15, 0.2) is 126 Å². The van der Waals surface area contributed by atoms with Crippen molar-refractivity contribution in [3.8, 4) is 0 Å². The molecule has 0 amide bonds. The van der Waals surface area contributed by atoms with E-state index >= 15 is 0 Å². The lowest BCUT2D eigenvalue weighted by atomic mass is 10.2. The summed E-state index contributed by atoms with van der Waals surface area (Å²) in [7, 11) is -2.15. The average molecular weight is 599 g/mol. The van der Waals surface area contributed by atoms with Crippen LogP contribution in [0.2, 0.25) is 0 Å². The molecule has 0 spiro atoms. The second-order valence-electron chi connectivity index (χ2n) is 7.32. The molecule has 0 aliphatic rings. The normalized spacial score (nSPS) is 11.9. The molecule has 33 heavy (non-hydrogen) atoms. The number of hydrogen-bond donors (Lipinski definition) is 0. The Labute approximate surface area is 224 Å². The lowest BCUT2D eigenvalue weighted by Crippen LogP contribution is -3.00. The second-order valence-corrected chi connectivity index (χ2v) is 13.0. The summed E-state index contributed by atoms with van der Waals surface area (Å²) in [4.78, 5) is 0. The Kier molecular flexibility index (Phi) is 10.1. The smallest absolute Gasteiger partial charge is 0.146 e. The molecular formula is C29H28IPS2. The van der Waals surface area contributed by atoms with Crippen molar-refractivity contribution in [3.05, 3.63) is 131 Å². The van der Waals surface area contributed by atoms with Crippen LogP contribution in [0.3, 0.4) is 0 Å². The van der Waals surface area contributed by atoms with E-state index in [0.29, 0.717) is 0 Å². The van der Waals surface area contributed by atoms with Crippen molar-refractivity contribution >= 4 is 52.0 Å². The first kappa shape index (κ1) is 26.1. The van der Waals surface area contributed by atoms with Crippen LogP contribution in [0.5, 0.6) is 0 Å². The third-order valence-corrected chi connectivity index (χ3v) is 12.3. The highest BCUT2D eigenvalue weighted by atomic mass is 127. The van der Waals surface area contributed by atoms with Crippen molar-refractivity contribution in [1.82, 2.24) is 0 Å². The molecule has 168 valence electrons. The summed E-state index contributed by atoms with van der Waals surface area (Å²) in [6, 6.07) is 44.4. The van der Waals surface area contributed by atoms with Gasteiger partial charge in [0.2, 0.25) is 0 Å². The van der Waals surface area contributed by atoms with E-state index in [2.05, 4.69) is 135 Å². The SMILES string of the molecule is CCS/C(SC)=C(\c1ccccc1)[P+](c1ccccc1)(c1ccccc1)c1ccccc1.[I-]. The van der Waals surface area contributed by atoms with E-state index in [1.807, 2.05) is 23.5 Å². The maximum Gasteiger partial charge on any atom is 0.146 e. The van der Waals surface area contributed by atoms with E-state index in [1.54, 1.807) is 0 Å². The monoisotopic (exact) mass is 598 g/mol. The number of benzene rings is 4. The quantitative estimate of drug-likeness (QED) is 0.218. The van der Waals surface area contributed by atoms with Gasteiger partial charge in [-0.1, -0.05) is 91.9 Å². The zero-order valence-corrected chi connectivity index (χ0v) is 23.6. The Morgan fingerprint density at radius 3 is 1.30 bits per heavy atom. The van der Waals surface area contributed by atoms with Gasteiger partial charge in [0.25, 0.3) is 0 Å². The molecule has 4 rings (SSSR count). The van der Waals surface area contributed by atoms with Crippen LogP contribution in [0.25, 0.3) is 5.31 Å². The third-order valence-electron chi connectivity index (χ3n) is 5.47. The molecule has 0 heterocycles. The van der Waals surface area contributed by atoms with Gasteiger partial charge in [-0.2, -0.15) is 0 Å². The molecule has 0 aliphatic carbocycles. The van der Waals surface area contributed by atoms with Crippen LogP contribution in [0.4, 0.5) is 0 Å². The van der Waals surface area contributed by atoms with Crippen LogP contribution in [0, 0.1) is 0 Å². The van der Waals surface area contributed by atoms with Crippen molar-refractivity contribution in [2.24, 2.45) is 0 Å². The summed E-state index contributed by atoms with van der Waals surface area (Å²) in [5, 5.41) is 5.62. The lowest BCUT2D eigenvalue weighted by molar-refractivity contribution is -0.00000609. The van der Waals surface area contributed by atoms with Gasteiger partial charge in [0.1, 0.15) is 28.5 Å². The van der Waals surface area contributed by atoms with Gasteiger partial charge in [-0.05, 0) is 48.4 Å². The van der Waals surface area contributed by atoms with Crippen molar-refractivity contribution in [1.29, 1.82) is 0 Å². The summed E-state index contributed by atoms with van der Waals surface area (Å²) in [5.41, 5.74) is 1.31. The minimum Gasteiger partial charge on any atom is -1.00 e. The molecule has 0 N–H and O–H groups in total. The minimum atomic E-state index is -2.15. The van der Waals surface area contributed by atoms with E-state index < -0.39 is 7.26 Å². The first-order valence-corrected chi connectivity index (χ1v) is 14.8. The Bertz CT molecular complexity index is 1050. The van der Waals surface area contributed by atoms with Gasteiger partial charge in [0.15, 0.2) is 0 Å². The Morgan fingerprint density at radius 1 is 0.606 bits per heavy atom. The second kappa shape index (κ2) is 12.8. The summed E-state index contributed by atoms with van der Waals surface area (Å²) < 4.78 is 1.41. The Morgan fingerprint density at radius 2 is 0.970 bits per heavy atom. The van der Waals surface area contributed by atoms with Crippen LogP contribution in [-0.4, -0.2) is 12.0 Å². The molecule has 4 aromatic carbocycles. The molecular weight excluding hydrogens is 570 g/mol. The number of hydrogen-bond acceptors (Lipinski definition) is 2. The minimum absolute atomic E-state index is 0. The first-order valence-electron chi connectivity index (χ1n) is 10.8. The highest BCUT2D eigenvalue weighted by Gasteiger charge is 2.51. The third kappa shape index (κ3) is 5.43. The molecule has 0 unspecified atom stereocenters. The number of thioether (sulfide) groups is 2. The van der Waals surface area contributed by atoms with Crippen molar-refractivity contribution in [3.63, 3.8) is 0 Å². The predicted octanol–water partition coefficient (Wildman–Crippen LogP) is 4.43. The van der Waals surface area contributed by atoms with Gasteiger partial charge < -0.3 is 24.0 Å². The molecule has 4 heteroatoms. The van der Waals surface area contributed by atoms with E-state index in [9.17, 15) is 0 Å². The van der Waals surface area contributed by atoms with Crippen LogP contribution >= 0.6 is 30.8 Å². The number of rotatable bonds is 8. The predicted molar refractivity (Wildman–Crippen MR) is 150 cm³/mol. The largest absolute Gasteiger partial charge is 1.00 e. The summed E-state index contributed by atoms with van der Waals surface area (Å²) in [5.74, 6) is 1.05. The van der Waals surface area contributed by atoms with Crippen LogP contribution < -0.4 is 39.9 Å². The van der Waals surface area contributed by atoms with Crippen molar-refractivity contribution in [2.45, 2.75) is 6.92 Å². The summed E-state index contributed by atoms with van der Waals surface area (Å²) >= 11 is 3.84. The van der Waals surface area contributed by atoms with E-state index in [4.69, 9.17) is 0 Å². The van der Waals surface area contributed by atoms with Crippen molar-refractivity contribution < 1.29 is 24.0 Å². The average Bonchev–Trinajstić information content (AvgIpc) is 2.88. The summed E-state index contributed by atoms with van der Waals surface area (Å²) in [6.07, 6.45) is 2.22. The molecule has 0 aliphatic heterocycles. The number of halogens is 1. The lowest BCUT2D eigenvalue weighted by Gasteiger charge is -2.31. The molecule has 0 saturated heterocycles. The van der Waals surface area contributed by atoms with Gasteiger partial charge in [0.05, 0.1) is 4.24 Å². The van der Waals surface area contributed by atoms with Gasteiger partial charge in [0, 0.05) is 5.56 Å². The fourth-order valence-corrected chi connectivity index (χ4v) is 11.5. The molecule has 0 radical (unpaired) electrons. The van der Waals surface area contributed by atoms with Gasteiger partial charge in [-0.25, -0.2) is 0 Å². The highest BCUT2D eigenvalue weighted by Crippen LogP contribution is 2.69. The van der Waals surface area contributed by atoms with E-state index in [0.717, 1.165) is 5.75 Å². The zero-order chi connectivity index (χ0) is 22.2. The Balaban J connectivity index is 0.00000306. The summed E-state index contributed by atoms with van der Waals surface area (Å²) in [6.45, 7) is 2.25. The van der Waals surface area contributed by atoms with Crippen molar-refractivity contribution in [2.75, 3.05) is 12.0 Å². The molecule has 0 bridgehead atoms. The molecule has 0 saturated carbocycles. The standard InChI is InChI=1S/C29H28PS2.HI/c1-3-32-29(31-2)28(24-16-8-4-9-17-24)30(25-18-10-5-11-19-25,26-20-12-6-13-21-26)27-22-14-7-15-23-27;/h4-23H,3H2,1-2H3;1H/q+1;/p-1/b29-28+;. The maximum absolute atomic E-state index is 2.32. The molecule has 0 fully saturated rings. The van der Waals surface area contributed by atoms with E-state index in [1.165, 1.54) is 31.0 Å². The first-order chi connectivity index (χ1) is 15.8. The molecule has 0 atom stereocenters. The Hall–Kier alpha value is -1.52. The maximum atomic E-state index is 2.32. The molecule has 0 aromatic heterocycles. The van der Waals surface area contributed by atoms with Gasteiger partial charge in [-0.3, -0.25) is 0 Å². The van der Waals surface area contributed by atoms with Gasteiger partial charge in [-0.15, -0.1) is 23.5 Å². The van der Waals surface area contributed by atoms with Crippen LogP contribution in [0.1, 0.15) is 12.5 Å². The van der Waals surface area contributed by atoms with Crippen LogP contribution in [-0.2, 0) is 0 Å². The highest BCUT2D eigenvalue weighted by molar-refractivity contribution is 8.23. The van der Waals surface area contributed by atoms with Gasteiger partial charge >= 0.3 is 0 Å². The topological polar surface area (TPSA) is 0 Å². The zero-order valence-electron chi connectivity index (χ0n) is 18.9. The fourth-order valence-electron chi connectivity index (χ4n) is 4.19. The molecule has 4 aromatic rings. The fraction of sp³-hybridized carbons (Fsp3) is 0.103.